The average molecular weight is 403 g/mol. The molecule has 2 aromatic heterocycles. The van der Waals surface area contributed by atoms with E-state index in [0.29, 0.717) is 28.0 Å². The summed E-state index contributed by atoms with van der Waals surface area (Å²) >= 11 is 0. The molecule has 4 N–H and O–H groups in total. The first kappa shape index (κ1) is 19.3. The number of pyridine rings is 1. The SMILES string of the molecule is Cn1c(=O)c(C(=O)C[C@@H](Nc2cccc(N)c2)c2ccco2)c(O)c2ccccc21. The Morgan fingerprint density at radius 1 is 1.17 bits per heavy atom. The van der Waals surface area contributed by atoms with Crippen LogP contribution in [-0.4, -0.2) is 15.5 Å². The van der Waals surface area contributed by atoms with E-state index >= 15 is 0 Å². The number of ketones is 1. The van der Waals surface area contributed by atoms with Gasteiger partial charge in [-0.1, -0.05) is 18.2 Å². The minimum absolute atomic E-state index is 0.0938. The van der Waals surface area contributed by atoms with Gasteiger partial charge in [0.2, 0.25) is 0 Å². The number of aryl methyl sites for hydroxylation is 1. The van der Waals surface area contributed by atoms with Gasteiger partial charge in [0.1, 0.15) is 17.1 Å². The molecular formula is C23H21N3O4. The highest BCUT2D eigenvalue weighted by Gasteiger charge is 2.26. The van der Waals surface area contributed by atoms with Gasteiger partial charge < -0.3 is 25.1 Å². The summed E-state index contributed by atoms with van der Waals surface area (Å²) in [5.41, 5.74) is 6.91. The molecule has 7 nitrogen and oxygen atoms in total. The van der Waals surface area contributed by atoms with Gasteiger partial charge in [0, 0.05) is 30.2 Å². The van der Waals surface area contributed by atoms with Crippen LogP contribution in [0.5, 0.6) is 5.75 Å². The third-order valence-corrected chi connectivity index (χ3v) is 5.06. The molecule has 0 aliphatic heterocycles. The smallest absolute Gasteiger partial charge is 0.265 e. The summed E-state index contributed by atoms with van der Waals surface area (Å²) in [4.78, 5) is 26.0. The highest BCUT2D eigenvalue weighted by molar-refractivity contribution is 6.03. The molecule has 0 amide bonds. The van der Waals surface area contributed by atoms with Crippen LogP contribution in [0.15, 0.2) is 76.1 Å². The van der Waals surface area contributed by atoms with Crippen LogP contribution < -0.4 is 16.6 Å². The van der Waals surface area contributed by atoms with Crippen LogP contribution in [0, 0.1) is 0 Å². The van der Waals surface area contributed by atoms with Gasteiger partial charge in [-0.15, -0.1) is 0 Å². The lowest BCUT2D eigenvalue weighted by atomic mass is 10.00. The van der Waals surface area contributed by atoms with Crippen molar-refractivity contribution in [1.82, 2.24) is 4.57 Å². The minimum Gasteiger partial charge on any atom is -0.506 e. The van der Waals surface area contributed by atoms with E-state index in [2.05, 4.69) is 5.32 Å². The zero-order valence-electron chi connectivity index (χ0n) is 16.3. The Labute approximate surface area is 172 Å². The molecule has 0 saturated heterocycles. The number of fused-ring (bicyclic) bond motifs is 1. The summed E-state index contributed by atoms with van der Waals surface area (Å²) in [7, 11) is 1.58. The number of furan rings is 1. The predicted octanol–water partition coefficient (Wildman–Crippen LogP) is 3.85. The van der Waals surface area contributed by atoms with E-state index < -0.39 is 17.4 Å². The monoisotopic (exact) mass is 403 g/mol. The van der Waals surface area contributed by atoms with Gasteiger partial charge in [-0.05, 0) is 42.5 Å². The molecule has 0 unspecified atom stereocenters. The average Bonchev–Trinajstić information content (AvgIpc) is 3.27. The first-order valence-electron chi connectivity index (χ1n) is 9.45. The Kier molecular flexibility index (Phi) is 5.02. The number of hydrogen-bond donors (Lipinski definition) is 3. The largest absolute Gasteiger partial charge is 0.506 e. The van der Waals surface area contributed by atoms with Crippen LogP contribution in [0.4, 0.5) is 11.4 Å². The first-order valence-corrected chi connectivity index (χ1v) is 9.45. The van der Waals surface area contributed by atoms with Crippen molar-refractivity contribution in [2.45, 2.75) is 12.5 Å². The quantitative estimate of drug-likeness (QED) is 0.333. The van der Waals surface area contributed by atoms with Gasteiger partial charge in [-0.25, -0.2) is 0 Å². The number of nitrogen functional groups attached to an aromatic ring is 1. The van der Waals surface area contributed by atoms with E-state index in [4.69, 9.17) is 10.2 Å². The predicted molar refractivity (Wildman–Crippen MR) is 116 cm³/mol. The maximum atomic E-state index is 13.2. The highest BCUT2D eigenvalue weighted by atomic mass is 16.3. The highest BCUT2D eigenvalue weighted by Crippen LogP contribution is 2.30. The summed E-state index contributed by atoms with van der Waals surface area (Å²) in [6, 6.07) is 16.9. The molecule has 4 rings (SSSR count). The molecule has 7 heteroatoms. The molecular weight excluding hydrogens is 382 g/mol. The zero-order chi connectivity index (χ0) is 21.3. The van der Waals surface area contributed by atoms with Crippen LogP contribution in [0.2, 0.25) is 0 Å². The first-order chi connectivity index (χ1) is 14.5. The lowest BCUT2D eigenvalue weighted by Gasteiger charge is -2.18. The van der Waals surface area contributed by atoms with Gasteiger partial charge in [0.25, 0.3) is 5.56 Å². The van der Waals surface area contributed by atoms with E-state index in [1.807, 2.05) is 6.07 Å². The van der Waals surface area contributed by atoms with Crippen molar-refractivity contribution in [3.05, 3.63) is 88.6 Å². The number of rotatable bonds is 6. The number of nitrogens with one attached hydrogen (secondary N) is 1. The second-order valence-corrected chi connectivity index (χ2v) is 7.07. The number of nitrogens with two attached hydrogens (primary N) is 1. The molecule has 0 bridgehead atoms. The number of para-hydroxylation sites is 1. The summed E-state index contributed by atoms with van der Waals surface area (Å²) in [5.74, 6) is -0.264. The Hall–Kier alpha value is -4.00. The summed E-state index contributed by atoms with van der Waals surface area (Å²) in [5, 5.41) is 14.4. The van der Waals surface area contributed by atoms with Crippen molar-refractivity contribution in [2.24, 2.45) is 7.05 Å². The summed E-state index contributed by atoms with van der Waals surface area (Å²) in [6.07, 6.45) is 1.42. The van der Waals surface area contributed by atoms with Crippen molar-refractivity contribution >= 4 is 28.1 Å². The van der Waals surface area contributed by atoms with E-state index in [-0.39, 0.29) is 17.7 Å². The lowest BCUT2D eigenvalue weighted by Crippen LogP contribution is -2.26. The van der Waals surface area contributed by atoms with Crippen molar-refractivity contribution < 1.29 is 14.3 Å². The van der Waals surface area contributed by atoms with Crippen molar-refractivity contribution in [1.29, 1.82) is 0 Å². The molecule has 0 aliphatic rings. The topological polar surface area (TPSA) is 110 Å². The number of benzene rings is 2. The molecule has 1 atom stereocenters. The number of aromatic nitrogens is 1. The van der Waals surface area contributed by atoms with E-state index in [9.17, 15) is 14.7 Å². The third-order valence-electron chi connectivity index (χ3n) is 5.06. The Morgan fingerprint density at radius 2 is 1.97 bits per heavy atom. The molecule has 0 fully saturated rings. The van der Waals surface area contributed by atoms with Gasteiger partial charge >= 0.3 is 0 Å². The maximum absolute atomic E-state index is 13.2. The van der Waals surface area contributed by atoms with Crippen LogP contribution in [-0.2, 0) is 7.05 Å². The fraction of sp³-hybridized carbons (Fsp3) is 0.130. The number of anilines is 2. The van der Waals surface area contributed by atoms with Crippen LogP contribution in [0.1, 0.15) is 28.6 Å². The number of carbonyl (C=O) groups excluding carboxylic acids is 1. The standard InChI is InChI=1S/C23H21N3O4/c1-26-18-9-3-2-8-16(18)22(28)21(23(26)29)19(27)13-17(20-10-5-11-30-20)25-15-7-4-6-14(24)12-15/h2-12,17,25,28H,13,24H2,1H3/t17-/m1/s1. The molecule has 0 spiro atoms. The summed E-state index contributed by atoms with van der Waals surface area (Å²) in [6.45, 7) is 0. The maximum Gasteiger partial charge on any atom is 0.265 e. The lowest BCUT2D eigenvalue weighted by molar-refractivity contribution is 0.0969. The number of Topliss-reactive ketones (excluding diaryl/α,β-unsaturated/α-hetero) is 1. The number of hydrogen-bond acceptors (Lipinski definition) is 6. The summed E-state index contributed by atoms with van der Waals surface area (Å²) < 4.78 is 6.87. The Bertz CT molecular complexity index is 1280. The van der Waals surface area contributed by atoms with Gasteiger partial charge in [-0.3, -0.25) is 9.59 Å². The third kappa shape index (κ3) is 3.53. The van der Waals surface area contributed by atoms with Crippen LogP contribution in [0.25, 0.3) is 10.9 Å². The van der Waals surface area contributed by atoms with Gasteiger partial charge in [-0.2, -0.15) is 0 Å². The normalized spacial score (nSPS) is 12.0. The minimum atomic E-state index is -0.551. The Morgan fingerprint density at radius 3 is 2.70 bits per heavy atom. The second kappa shape index (κ2) is 7.79. The Balaban J connectivity index is 1.72. The van der Waals surface area contributed by atoms with Gasteiger partial charge in [0.15, 0.2) is 5.78 Å². The number of carbonyl (C=O) groups is 1. The van der Waals surface area contributed by atoms with E-state index in [1.165, 1.54) is 10.8 Å². The molecule has 2 heterocycles. The van der Waals surface area contributed by atoms with Crippen molar-refractivity contribution in [3.63, 3.8) is 0 Å². The van der Waals surface area contributed by atoms with Crippen LogP contribution in [0.3, 0.4) is 0 Å². The molecule has 2 aromatic carbocycles. The fourth-order valence-corrected chi connectivity index (χ4v) is 3.56. The molecule has 152 valence electrons. The number of aromatic hydroxyl groups is 1. The van der Waals surface area contributed by atoms with E-state index in [0.717, 1.165) is 0 Å². The number of nitrogens with zero attached hydrogens (tertiary/aromatic N) is 1. The van der Waals surface area contributed by atoms with Gasteiger partial charge in [0.05, 0.1) is 17.8 Å². The molecule has 0 aliphatic carbocycles. The molecule has 30 heavy (non-hydrogen) atoms. The van der Waals surface area contributed by atoms with E-state index in [1.54, 1.807) is 61.6 Å². The fourth-order valence-electron chi connectivity index (χ4n) is 3.56. The second-order valence-electron chi connectivity index (χ2n) is 7.07. The van der Waals surface area contributed by atoms with Crippen LogP contribution >= 0.6 is 0 Å². The van der Waals surface area contributed by atoms with Crippen molar-refractivity contribution in [3.8, 4) is 5.75 Å². The zero-order valence-corrected chi connectivity index (χ0v) is 16.3. The van der Waals surface area contributed by atoms with Crippen molar-refractivity contribution in [2.75, 3.05) is 11.1 Å². The molecule has 0 radical (unpaired) electrons. The molecule has 4 aromatic rings. The molecule has 0 saturated carbocycles.